The highest BCUT2D eigenvalue weighted by Crippen LogP contribution is 2.17. The van der Waals surface area contributed by atoms with Gasteiger partial charge in [0, 0.05) is 6.04 Å². The molecular formula is C9H17N5O2S. The summed E-state index contributed by atoms with van der Waals surface area (Å²) >= 11 is 0.980. The zero-order valence-electron chi connectivity index (χ0n) is 9.44. The van der Waals surface area contributed by atoms with Crippen molar-refractivity contribution >= 4 is 28.9 Å². The molecule has 3 amide bonds. The molecule has 1 fully saturated rings. The maximum Gasteiger partial charge on any atom is 0.321 e. The second-order valence-electron chi connectivity index (χ2n) is 3.76. The molecule has 7 nitrogen and oxygen atoms in total. The summed E-state index contributed by atoms with van der Waals surface area (Å²) in [6, 6.07) is -0.267. The van der Waals surface area contributed by atoms with Gasteiger partial charge in [-0.3, -0.25) is 10.1 Å². The van der Waals surface area contributed by atoms with E-state index in [0.717, 1.165) is 37.4 Å². The fourth-order valence-corrected chi connectivity index (χ4v) is 2.06. The second kappa shape index (κ2) is 7.00. The molecule has 1 saturated carbocycles. The van der Waals surface area contributed by atoms with Gasteiger partial charge >= 0.3 is 6.03 Å². The molecule has 17 heavy (non-hydrogen) atoms. The van der Waals surface area contributed by atoms with E-state index in [0.29, 0.717) is 0 Å². The van der Waals surface area contributed by atoms with Gasteiger partial charge in [-0.1, -0.05) is 24.6 Å². The number of amides is 3. The topological polar surface area (TPSA) is 123 Å². The number of hydrogen-bond acceptors (Lipinski definition) is 5. The molecule has 1 rings (SSSR count). The third kappa shape index (κ3) is 5.43. The van der Waals surface area contributed by atoms with E-state index in [2.05, 4.69) is 15.7 Å². The van der Waals surface area contributed by atoms with Crippen LogP contribution in [0.4, 0.5) is 4.79 Å². The van der Waals surface area contributed by atoms with Crippen LogP contribution in [0, 0.1) is 0 Å². The molecule has 8 heteroatoms. The van der Waals surface area contributed by atoms with Crippen molar-refractivity contribution in [2.24, 2.45) is 16.7 Å². The fourth-order valence-electron chi connectivity index (χ4n) is 1.63. The minimum absolute atomic E-state index is 0.0185. The van der Waals surface area contributed by atoms with Crippen LogP contribution in [-0.2, 0) is 4.79 Å². The zero-order chi connectivity index (χ0) is 12.7. The molecule has 0 bridgehead atoms. The SMILES string of the molecule is NN=C(N)SCC(=O)NC(=O)NC1CCCC1. The Bertz CT molecular complexity index is 315. The number of nitrogens with two attached hydrogens (primary N) is 2. The van der Waals surface area contributed by atoms with Gasteiger partial charge < -0.3 is 16.9 Å². The standard InChI is InChI=1S/C9H17N5O2S/c10-8(14-11)17-5-7(15)13-9(16)12-6-3-1-2-4-6/h6H,1-5,11H2,(H2,10,14)(H2,12,13,15,16). The maximum absolute atomic E-state index is 11.4. The highest BCUT2D eigenvalue weighted by molar-refractivity contribution is 8.14. The summed E-state index contributed by atoms with van der Waals surface area (Å²) in [4.78, 5) is 22.7. The predicted molar refractivity (Wildman–Crippen MR) is 67.2 cm³/mol. The first-order valence-electron chi connectivity index (χ1n) is 5.38. The number of thioether (sulfide) groups is 1. The van der Waals surface area contributed by atoms with Gasteiger partial charge in [0.2, 0.25) is 5.91 Å². The number of nitrogens with one attached hydrogen (secondary N) is 2. The molecule has 0 spiro atoms. The van der Waals surface area contributed by atoms with E-state index in [1.54, 1.807) is 0 Å². The number of carbonyl (C=O) groups is 2. The molecular weight excluding hydrogens is 242 g/mol. The molecule has 0 saturated heterocycles. The zero-order valence-corrected chi connectivity index (χ0v) is 10.3. The molecule has 6 N–H and O–H groups in total. The molecule has 0 radical (unpaired) electrons. The lowest BCUT2D eigenvalue weighted by Crippen LogP contribution is -2.44. The lowest BCUT2D eigenvalue weighted by atomic mass is 10.2. The van der Waals surface area contributed by atoms with E-state index >= 15 is 0 Å². The Hall–Kier alpha value is -1.44. The van der Waals surface area contributed by atoms with Crippen LogP contribution in [0.15, 0.2) is 5.10 Å². The summed E-state index contributed by atoms with van der Waals surface area (Å²) in [7, 11) is 0. The average molecular weight is 259 g/mol. The maximum atomic E-state index is 11.4. The van der Waals surface area contributed by atoms with E-state index in [9.17, 15) is 9.59 Å². The van der Waals surface area contributed by atoms with Crippen molar-refractivity contribution in [2.75, 3.05) is 5.75 Å². The lowest BCUT2D eigenvalue weighted by Gasteiger charge is -2.11. The molecule has 0 aromatic rings. The molecule has 0 aromatic carbocycles. The average Bonchev–Trinajstić information content (AvgIpc) is 2.78. The summed E-state index contributed by atoms with van der Waals surface area (Å²) in [5.74, 6) is 4.50. The number of rotatable bonds is 3. The van der Waals surface area contributed by atoms with Crippen LogP contribution in [0.25, 0.3) is 0 Å². The molecule has 0 heterocycles. The van der Waals surface area contributed by atoms with Crippen LogP contribution in [0.1, 0.15) is 25.7 Å². The van der Waals surface area contributed by atoms with Crippen molar-refractivity contribution in [1.29, 1.82) is 0 Å². The number of nitrogens with zero attached hydrogens (tertiary/aromatic N) is 1. The van der Waals surface area contributed by atoms with Crippen LogP contribution in [-0.4, -0.2) is 28.9 Å². The molecule has 0 aliphatic heterocycles. The minimum Gasteiger partial charge on any atom is -0.377 e. The van der Waals surface area contributed by atoms with E-state index in [-0.39, 0.29) is 17.0 Å². The second-order valence-corrected chi connectivity index (χ2v) is 4.75. The van der Waals surface area contributed by atoms with E-state index in [4.69, 9.17) is 11.6 Å². The molecule has 0 unspecified atom stereocenters. The molecule has 0 aromatic heterocycles. The summed E-state index contributed by atoms with van der Waals surface area (Å²) in [6.45, 7) is 0. The number of carbonyl (C=O) groups excluding carboxylic acids is 2. The number of imide groups is 1. The van der Waals surface area contributed by atoms with Crippen molar-refractivity contribution in [3.63, 3.8) is 0 Å². The summed E-state index contributed by atoms with van der Waals surface area (Å²) in [5, 5.41) is 8.28. The van der Waals surface area contributed by atoms with Crippen molar-refractivity contribution in [3.05, 3.63) is 0 Å². The van der Waals surface area contributed by atoms with E-state index in [1.807, 2.05) is 0 Å². The van der Waals surface area contributed by atoms with Gasteiger partial charge in [-0.2, -0.15) is 5.10 Å². The Morgan fingerprint density at radius 3 is 2.59 bits per heavy atom. The number of amidine groups is 1. The Morgan fingerprint density at radius 1 is 1.35 bits per heavy atom. The van der Waals surface area contributed by atoms with Gasteiger partial charge in [0.05, 0.1) is 5.75 Å². The quantitative estimate of drug-likeness (QED) is 0.239. The van der Waals surface area contributed by atoms with Gasteiger partial charge in [0.1, 0.15) is 0 Å². The van der Waals surface area contributed by atoms with Crippen LogP contribution in [0.3, 0.4) is 0 Å². The monoisotopic (exact) mass is 259 g/mol. The van der Waals surface area contributed by atoms with Crippen molar-refractivity contribution in [1.82, 2.24) is 10.6 Å². The first kappa shape index (κ1) is 13.6. The molecule has 0 atom stereocenters. The first-order valence-corrected chi connectivity index (χ1v) is 6.37. The van der Waals surface area contributed by atoms with Crippen LogP contribution < -0.4 is 22.2 Å². The third-order valence-corrected chi connectivity index (χ3v) is 3.23. The van der Waals surface area contributed by atoms with E-state index < -0.39 is 11.9 Å². The third-order valence-electron chi connectivity index (χ3n) is 2.42. The number of hydrogen-bond donors (Lipinski definition) is 4. The van der Waals surface area contributed by atoms with Crippen LogP contribution in [0.2, 0.25) is 0 Å². The summed E-state index contributed by atoms with van der Waals surface area (Å²) < 4.78 is 0. The largest absolute Gasteiger partial charge is 0.377 e. The van der Waals surface area contributed by atoms with Crippen LogP contribution >= 0.6 is 11.8 Å². The minimum atomic E-state index is -0.453. The number of hydrazone groups is 1. The smallest absolute Gasteiger partial charge is 0.321 e. The fraction of sp³-hybridized carbons (Fsp3) is 0.667. The molecule has 1 aliphatic rings. The van der Waals surface area contributed by atoms with Crippen molar-refractivity contribution in [3.8, 4) is 0 Å². The lowest BCUT2D eigenvalue weighted by molar-refractivity contribution is -0.117. The molecule has 1 aliphatic carbocycles. The highest BCUT2D eigenvalue weighted by atomic mass is 32.2. The van der Waals surface area contributed by atoms with Crippen molar-refractivity contribution in [2.45, 2.75) is 31.7 Å². The summed E-state index contributed by atoms with van der Waals surface area (Å²) in [6.07, 6.45) is 4.20. The summed E-state index contributed by atoms with van der Waals surface area (Å²) in [5.41, 5.74) is 5.29. The number of urea groups is 1. The Kier molecular flexibility index (Phi) is 5.61. The Morgan fingerprint density at radius 2 is 2.00 bits per heavy atom. The van der Waals surface area contributed by atoms with Gasteiger partial charge in [0.25, 0.3) is 0 Å². The van der Waals surface area contributed by atoms with Gasteiger partial charge in [0.15, 0.2) is 5.17 Å². The first-order chi connectivity index (χ1) is 8.11. The van der Waals surface area contributed by atoms with Gasteiger partial charge in [-0.15, -0.1) is 0 Å². The normalized spacial score (nSPS) is 16.8. The highest BCUT2D eigenvalue weighted by Gasteiger charge is 2.18. The van der Waals surface area contributed by atoms with Crippen LogP contribution in [0.5, 0.6) is 0 Å². The predicted octanol–water partition coefficient (Wildman–Crippen LogP) is -0.324. The Labute approximate surface area is 104 Å². The Balaban J connectivity index is 2.18. The van der Waals surface area contributed by atoms with Gasteiger partial charge in [-0.05, 0) is 12.8 Å². The van der Waals surface area contributed by atoms with Crippen molar-refractivity contribution < 1.29 is 9.59 Å². The molecule has 96 valence electrons. The van der Waals surface area contributed by atoms with E-state index in [1.165, 1.54) is 0 Å². The van der Waals surface area contributed by atoms with Gasteiger partial charge in [-0.25, -0.2) is 4.79 Å².